The van der Waals surface area contributed by atoms with E-state index in [4.69, 9.17) is 4.74 Å². The van der Waals surface area contributed by atoms with E-state index in [1.165, 1.54) is 19.4 Å². The Bertz CT molecular complexity index is 738. The summed E-state index contributed by atoms with van der Waals surface area (Å²) in [6.45, 7) is 0. The minimum Gasteiger partial charge on any atom is -0.504 e. The van der Waals surface area contributed by atoms with E-state index in [1.54, 1.807) is 12.1 Å². The fraction of sp³-hybridized carbons (Fsp3) is 0.389. The molecule has 6 heteroatoms. The molecule has 0 aromatic heterocycles. The summed E-state index contributed by atoms with van der Waals surface area (Å²) in [7, 11) is 1.46. The predicted octanol–water partition coefficient (Wildman–Crippen LogP) is 1.93. The van der Waals surface area contributed by atoms with Gasteiger partial charge in [-0.15, -0.1) is 0 Å². The van der Waals surface area contributed by atoms with Crippen molar-refractivity contribution in [3.05, 3.63) is 35.9 Å². The first-order valence-corrected chi connectivity index (χ1v) is 8.07. The molecule has 0 spiro atoms. The zero-order valence-corrected chi connectivity index (χ0v) is 13.3. The Kier molecular flexibility index (Phi) is 3.40. The lowest BCUT2D eigenvalue weighted by Crippen LogP contribution is -2.38. The van der Waals surface area contributed by atoms with Crippen LogP contribution >= 0.6 is 0 Å². The largest absolute Gasteiger partial charge is 0.504 e. The average Bonchev–Trinajstić information content (AvgIpc) is 2.88. The number of amides is 2. The zero-order valence-electron chi connectivity index (χ0n) is 13.3. The van der Waals surface area contributed by atoms with E-state index in [0.29, 0.717) is 11.3 Å². The number of rotatable bonds is 3. The number of aromatic hydroxyl groups is 1. The fourth-order valence-electron chi connectivity index (χ4n) is 4.07. The van der Waals surface area contributed by atoms with Crippen molar-refractivity contribution in [1.82, 2.24) is 5.01 Å². The van der Waals surface area contributed by atoms with Crippen LogP contribution in [0.3, 0.4) is 0 Å². The molecule has 1 aromatic rings. The van der Waals surface area contributed by atoms with Crippen molar-refractivity contribution in [1.29, 1.82) is 0 Å². The molecule has 1 N–H and O–H groups in total. The number of ether oxygens (including phenoxy) is 1. The minimum absolute atomic E-state index is 0.0247. The predicted molar refractivity (Wildman–Crippen MR) is 86.4 cm³/mol. The summed E-state index contributed by atoms with van der Waals surface area (Å²) in [5, 5.41) is 14.8. The van der Waals surface area contributed by atoms with Gasteiger partial charge in [-0.25, -0.2) is 0 Å². The van der Waals surface area contributed by atoms with Gasteiger partial charge in [0.15, 0.2) is 11.5 Å². The Labute approximate surface area is 139 Å². The van der Waals surface area contributed by atoms with Crippen LogP contribution in [-0.2, 0) is 9.59 Å². The van der Waals surface area contributed by atoms with Crippen molar-refractivity contribution < 1.29 is 19.4 Å². The number of nitrogens with zero attached hydrogens (tertiary/aromatic N) is 2. The first kappa shape index (κ1) is 14.9. The van der Waals surface area contributed by atoms with E-state index in [0.717, 1.165) is 17.9 Å². The topological polar surface area (TPSA) is 79.2 Å². The third kappa shape index (κ3) is 2.13. The second kappa shape index (κ2) is 5.47. The van der Waals surface area contributed by atoms with E-state index >= 15 is 0 Å². The van der Waals surface area contributed by atoms with E-state index in [9.17, 15) is 14.7 Å². The van der Waals surface area contributed by atoms with Gasteiger partial charge in [-0.2, -0.15) is 10.1 Å². The number of hydrazone groups is 1. The van der Waals surface area contributed by atoms with Crippen molar-refractivity contribution in [2.24, 2.45) is 28.8 Å². The van der Waals surface area contributed by atoms with Crippen LogP contribution in [0, 0.1) is 23.7 Å². The average molecular weight is 326 g/mol. The number of methoxy groups -OCH3 is 1. The highest BCUT2D eigenvalue weighted by Crippen LogP contribution is 2.49. The molecule has 5 rings (SSSR count). The van der Waals surface area contributed by atoms with Gasteiger partial charge in [0.05, 0.1) is 25.2 Å². The van der Waals surface area contributed by atoms with Gasteiger partial charge in [0.2, 0.25) is 0 Å². The molecule has 2 fully saturated rings. The molecule has 3 aliphatic carbocycles. The lowest BCUT2D eigenvalue weighted by Gasteiger charge is -2.37. The summed E-state index contributed by atoms with van der Waals surface area (Å²) in [6.07, 6.45) is 7.55. The molecular weight excluding hydrogens is 308 g/mol. The maximum atomic E-state index is 12.6. The number of fused-ring (bicyclic) bond motifs is 1. The summed E-state index contributed by atoms with van der Waals surface area (Å²) in [4.78, 5) is 25.3. The van der Waals surface area contributed by atoms with E-state index in [1.807, 2.05) is 0 Å². The molecule has 4 aliphatic rings. The molecule has 2 amide bonds. The molecule has 1 saturated heterocycles. The van der Waals surface area contributed by atoms with Gasteiger partial charge in [-0.05, 0) is 48.4 Å². The number of imide groups is 1. The van der Waals surface area contributed by atoms with Crippen LogP contribution in [0.15, 0.2) is 35.5 Å². The van der Waals surface area contributed by atoms with E-state index in [-0.39, 0.29) is 41.2 Å². The zero-order chi connectivity index (χ0) is 16.8. The van der Waals surface area contributed by atoms with Crippen LogP contribution in [-0.4, -0.2) is 35.3 Å². The maximum absolute atomic E-state index is 12.6. The number of benzene rings is 1. The Morgan fingerprint density at radius 2 is 1.79 bits per heavy atom. The van der Waals surface area contributed by atoms with Crippen molar-refractivity contribution >= 4 is 18.0 Å². The Balaban J connectivity index is 1.59. The molecule has 0 radical (unpaired) electrons. The third-order valence-electron chi connectivity index (χ3n) is 5.26. The quantitative estimate of drug-likeness (QED) is 0.523. The monoisotopic (exact) mass is 326 g/mol. The van der Waals surface area contributed by atoms with Crippen LogP contribution in [0.1, 0.15) is 18.4 Å². The van der Waals surface area contributed by atoms with Crippen LogP contribution in [0.25, 0.3) is 0 Å². The second-order valence-corrected chi connectivity index (χ2v) is 6.51. The van der Waals surface area contributed by atoms with Crippen molar-refractivity contribution in [2.45, 2.75) is 12.8 Å². The molecule has 4 atom stereocenters. The molecule has 124 valence electrons. The summed E-state index contributed by atoms with van der Waals surface area (Å²) < 4.78 is 5.05. The van der Waals surface area contributed by atoms with Crippen LogP contribution in [0.4, 0.5) is 0 Å². The highest BCUT2D eigenvalue weighted by molar-refractivity contribution is 6.06. The molecule has 1 aliphatic heterocycles. The number of hydrogen-bond donors (Lipinski definition) is 1. The summed E-state index contributed by atoms with van der Waals surface area (Å²) in [6, 6.07) is 4.73. The Hall–Kier alpha value is -2.63. The fourth-order valence-corrected chi connectivity index (χ4v) is 4.07. The summed E-state index contributed by atoms with van der Waals surface area (Å²) in [5.41, 5.74) is 0.640. The summed E-state index contributed by atoms with van der Waals surface area (Å²) >= 11 is 0. The molecule has 24 heavy (non-hydrogen) atoms. The van der Waals surface area contributed by atoms with Crippen molar-refractivity contribution in [2.75, 3.05) is 7.11 Å². The van der Waals surface area contributed by atoms with Gasteiger partial charge >= 0.3 is 0 Å². The normalized spacial score (nSPS) is 31.1. The number of phenols is 1. The molecule has 6 nitrogen and oxygen atoms in total. The smallest absolute Gasteiger partial charge is 0.254 e. The second-order valence-electron chi connectivity index (χ2n) is 6.51. The van der Waals surface area contributed by atoms with Crippen LogP contribution < -0.4 is 4.74 Å². The Morgan fingerprint density at radius 1 is 1.17 bits per heavy atom. The molecule has 1 saturated carbocycles. The first-order valence-electron chi connectivity index (χ1n) is 8.07. The molecule has 1 aromatic carbocycles. The molecular formula is C18H18N2O4. The van der Waals surface area contributed by atoms with Gasteiger partial charge in [-0.3, -0.25) is 9.59 Å². The van der Waals surface area contributed by atoms with Crippen LogP contribution in [0.5, 0.6) is 11.5 Å². The maximum Gasteiger partial charge on any atom is 0.254 e. The molecule has 2 bridgehead atoms. The van der Waals surface area contributed by atoms with Gasteiger partial charge < -0.3 is 9.84 Å². The number of phenolic OH excluding ortho intramolecular Hbond substituents is 1. The van der Waals surface area contributed by atoms with Gasteiger partial charge in [0, 0.05) is 0 Å². The lowest BCUT2D eigenvalue weighted by atomic mass is 9.63. The van der Waals surface area contributed by atoms with Crippen molar-refractivity contribution in [3.63, 3.8) is 0 Å². The molecule has 0 unspecified atom stereocenters. The third-order valence-corrected chi connectivity index (χ3v) is 5.26. The standard InChI is InChI=1S/C18H18N2O4/c1-24-14-8-10(2-7-13(14)21)9-19-20-17(22)15-11-3-4-12(6-5-11)16(15)18(20)23/h2-4,7-9,11-12,15-16,21H,5-6H2,1H3/b19-9+/t11-,12+,15-,16-/m0/s1. The number of carbonyl (C=O) groups is 2. The van der Waals surface area contributed by atoms with E-state index in [2.05, 4.69) is 17.3 Å². The van der Waals surface area contributed by atoms with Gasteiger partial charge in [-0.1, -0.05) is 12.2 Å². The summed E-state index contributed by atoms with van der Waals surface area (Å²) in [5.74, 6) is -0.265. The minimum atomic E-state index is -0.257. The lowest BCUT2D eigenvalue weighted by molar-refractivity contribution is -0.140. The number of carbonyl (C=O) groups excluding carboxylic acids is 2. The van der Waals surface area contributed by atoms with Gasteiger partial charge in [0.25, 0.3) is 11.8 Å². The van der Waals surface area contributed by atoms with E-state index < -0.39 is 0 Å². The Morgan fingerprint density at radius 3 is 2.33 bits per heavy atom. The highest BCUT2D eigenvalue weighted by atomic mass is 16.5. The number of allylic oxidation sites excluding steroid dienone is 2. The first-order chi connectivity index (χ1) is 11.6. The highest BCUT2D eigenvalue weighted by Gasteiger charge is 2.56. The molecule has 1 heterocycles. The van der Waals surface area contributed by atoms with Gasteiger partial charge in [0.1, 0.15) is 0 Å². The van der Waals surface area contributed by atoms with Crippen LogP contribution in [0.2, 0.25) is 0 Å². The van der Waals surface area contributed by atoms with Crippen molar-refractivity contribution in [3.8, 4) is 11.5 Å². The number of hydrogen-bond acceptors (Lipinski definition) is 5. The SMILES string of the molecule is COc1cc(/C=N/N2C(=O)[C@@H]3[C@@H](C2=O)[C@H]2C=C[C@@H]3CC2)ccc1O.